The fourth-order valence-electron chi connectivity index (χ4n) is 3.39. The lowest BCUT2D eigenvalue weighted by Gasteiger charge is -2.43. The molecule has 13 heteroatoms. The third-order valence-corrected chi connectivity index (χ3v) is 5.77. The molecule has 0 unspecified atom stereocenters. The van der Waals surface area contributed by atoms with Crippen LogP contribution in [0.25, 0.3) is 0 Å². The van der Waals surface area contributed by atoms with Crippen LogP contribution in [0.2, 0.25) is 5.02 Å². The van der Waals surface area contributed by atoms with Gasteiger partial charge in [-0.3, -0.25) is 14.5 Å². The Morgan fingerprint density at radius 2 is 1.77 bits per heavy atom. The standard InChI is InChI=1S/C20H27ClN2O5.C2HF3O2/c1-13(2)17(22)18(25)27-12-28-19(26)23(3)20(11-7-6-10-16(20)24)14-8-4-5-9-15(14)21;3-2(4,5)1(6)7/h4-5,8-9,13,17H,6-7,10-12,22H2,1-3H3;(H,6,7)/t17-,20-;/m0./s1. The van der Waals surface area contributed by atoms with Crippen molar-refractivity contribution >= 4 is 35.4 Å². The number of benzene rings is 1. The maximum Gasteiger partial charge on any atom is 0.490 e. The number of nitrogens with zero attached hydrogens (tertiary/aromatic N) is 1. The van der Waals surface area contributed by atoms with Crippen LogP contribution in [0.1, 0.15) is 45.1 Å². The number of aliphatic carboxylic acids is 1. The number of carboxylic acid groups (broad SMARTS) is 1. The average Bonchev–Trinajstić information content (AvgIpc) is 2.78. The van der Waals surface area contributed by atoms with Crippen molar-refractivity contribution in [2.45, 2.75) is 57.3 Å². The van der Waals surface area contributed by atoms with E-state index >= 15 is 0 Å². The molecular formula is C22H28ClF3N2O7. The van der Waals surface area contributed by atoms with Crippen molar-refractivity contribution in [1.82, 2.24) is 4.90 Å². The van der Waals surface area contributed by atoms with Crippen molar-refractivity contribution in [2.75, 3.05) is 13.8 Å². The van der Waals surface area contributed by atoms with E-state index in [0.717, 1.165) is 12.8 Å². The maximum atomic E-state index is 13.0. The van der Waals surface area contributed by atoms with Gasteiger partial charge in [-0.25, -0.2) is 9.59 Å². The van der Waals surface area contributed by atoms with E-state index in [9.17, 15) is 27.6 Å². The number of ketones is 1. The minimum absolute atomic E-state index is 0.0925. The Bertz CT molecular complexity index is 927. The summed E-state index contributed by atoms with van der Waals surface area (Å²) in [6.07, 6.45) is -3.54. The highest BCUT2D eigenvalue weighted by Crippen LogP contribution is 2.42. The van der Waals surface area contributed by atoms with E-state index in [0.29, 0.717) is 23.4 Å². The Labute approximate surface area is 205 Å². The van der Waals surface area contributed by atoms with Crippen molar-refractivity contribution in [2.24, 2.45) is 11.7 Å². The number of likely N-dealkylation sites (N-methyl/N-ethyl adjacent to an activating group) is 1. The Balaban J connectivity index is 0.000000762. The van der Waals surface area contributed by atoms with Gasteiger partial charge in [0.1, 0.15) is 11.6 Å². The molecule has 2 rings (SSSR count). The van der Waals surface area contributed by atoms with Crippen molar-refractivity contribution in [1.29, 1.82) is 0 Å². The molecule has 1 amide bonds. The SMILES string of the molecule is CC(C)[C@H](N)C(=O)OCOC(=O)N(C)[C@]1(c2ccccc2Cl)CCCCC1=O.O=C(O)C(F)(F)F. The number of Topliss-reactive ketones (excluding diaryl/α,β-unsaturated/α-hetero) is 1. The summed E-state index contributed by atoms with van der Waals surface area (Å²) in [5.74, 6) is -3.60. The van der Waals surface area contributed by atoms with Gasteiger partial charge >= 0.3 is 24.2 Å². The van der Waals surface area contributed by atoms with Crippen LogP contribution in [-0.2, 0) is 29.4 Å². The number of carbonyl (C=O) groups excluding carboxylic acids is 3. The van der Waals surface area contributed by atoms with Gasteiger partial charge in [-0.15, -0.1) is 0 Å². The highest BCUT2D eigenvalue weighted by atomic mass is 35.5. The van der Waals surface area contributed by atoms with E-state index < -0.39 is 42.6 Å². The van der Waals surface area contributed by atoms with Crippen LogP contribution in [0.15, 0.2) is 24.3 Å². The average molecular weight is 525 g/mol. The molecule has 35 heavy (non-hydrogen) atoms. The molecule has 1 aromatic carbocycles. The van der Waals surface area contributed by atoms with E-state index in [1.165, 1.54) is 11.9 Å². The van der Waals surface area contributed by atoms with E-state index in [1.807, 2.05) is 0 Å². The van der Waals surface area contributed by atoms with Gasteiger partial charge in [-0.05, 0) is 31.2 Å². The Morgan fingerprint density at radius 1 is 1.20 bits per heavy atom. The van der Waals surface area contributed by atoms with Crippen molar-refractivity contribution in [3.63, 3.8) is 0 Å². The van der Waals surface area contributed by atoms with E-state index in [2.05, 4.69) is 0 Å². The molecule has 1 saturated carbocycles. The first kappa shape index (κ1) is 30.2. The lowest BCUT2D eigenvalue weighted by Crippen LogP contribution is -2.54. The fourth-order valence-corrected chi connectivity index (χ4v) is 3.68. The lowest BCUT2D eigenvalue weighted by molar-refractivity contribution is -0.192. The van der Waals surface area contributed by atoms with Gasteiger partial charge in [0.05, 0.1) is 0 Å². The number of alkyl halides is 3. The van der Waals surface area contributed by atoms with Crippen molar-refractivity contribution in [3.05, 3.63) is 34.9 Å². The Morgan fingerprint density at radius 3 is 2.26 bits per heavy atom. The zero-order valence-corrected chi connectivity index (χ0v) is 20.2. The molecule has 0 spiro atoms. The van der Waals surface area contributed by atoms with Gasteiger partial charge in [0.2, 0.25) is 6.79 Å². The normalized spacial score (nSPS) is 18.7. The van der Waals surface area contributed by atoms with Gasteiger partial charge < -0.3 is 20.3 Å². The predicted molar refractivity (Wildman–Crippen MR) is 118 cm³/mol. The summed E-state index contributed by atoms with van der Waals surface area (Å²) in [6.45, 7) is 3.00. The Kier molecular flexibility index (Phi) is 11.0. The topological polar surface area (TPSA) is 136 Å². The molecule has 0 saturated heterocycles. The summed E-state index contributed by atoms with van der Waals surface area (Å²) in [4.78, 5) is 47.5. The number of carbonyl (C=O) groups is 4. The number of carboxylic acids is 1. The fraction of sp³-hybridized carbons (Fsp3) is 0.545. The molecule has 2 atom stereocenters. The first-order valence-corrected chi connectivity index (χ1v) is 10.9. The molecule has 0 aromatic heterocycles. The lowest BCUT2D eigenvalue weighted by atomic mass is 9.74. The maximum absolute atomic E-state index is 13.0. The molecule has 0 heterocycles. The summed E-state index contributed by atoms with van der Waals surface area (Å²) in [6, 6.07) is 6.18. The molecule has 0 aliphatic heterocycles. The molecule has 196 valence electrons. The first-order valence-electron chi connectivity index (χ1n) is 10.6. The van der Waals surface area contributed by atoms with Crippen LogP contribution in [0.5, 0.6) is 0 Å². The third kappa shape index (κ3) is 7.82. The molecule has 1 aromatic rings. The number of nitrogens with two attached hydrogens (primary N) is 1. The first-order chi connectivity index (χ1) is 16.2. The summed E-state index contributed by atoms with van der Waals surface area (Å²) < 4.78 is 41.7. The number of amides is 1. The quantitative estimate of drug-likeness (QED) is 0.423. The van der Waals surface area contributed by atoms with Gasteiger partial charge in [0.15, 0.2) is 5.78 Å². The second-order valence-corrected chi connectivity index (χ2v) is 8.50. The minimum atomic E-state index is -5.08. The molecule has 1 aliphatic rings. The monoisotopic (exact) mass is 524 g/mol. The molecule has 0 bridgehead atoms. The second kappa shape index (κ2) is 12.7. The molecule has 0 radical (unpaired) electrons. The number of halogens is 4. The summed E-state index contributed by atoms with van der Waals surface area (Å²) >= 11 is 6.36. The van der Waals surface area contributed by atoms with Crippen LogP contribution in [0.4, 0.5) is 18.0 Å². The summed E-state index contributed by atoms with van der Waals surface area (Å²) in [5, 5.41) is 7.53. The van der Waals surface area contributed by atoms with E-state index in [-0.39, 0.29) is 11.7 Å². The van der Waals surface area contributed by atoms with Crippen molar-refractivity contribution in [3.8, 4) is 0 Å². The van der Waals surface area contributed by atoms with Crippen LogP contribution >= 0.6 is 11.6 Å². The van der Waals surface area contributed by atoms with Gasteiger partial charge in [-0.1, -0.05) is 43.6 Å². The largest absolute Gasteiger partial charge is 0.490 e. The number of esters is 1. The van der Waals surface area contributed by atoms with Gasteiger partial charge in [0, 0.05) is 24.1 Å². The van der Waals surface area contributed by atoms with Gasteiger partial charge in [-0.2, -0.15) is 13.2 Å². The highest BCUT2D eigenvalue weighted by Gasteiger charge is 2.48. The summed E-state index contributed by atoms with van der Waals surface area (Å²) in [7, 11) is 1.50. The van der Waals surface area contributed by atoms with Crippen molar-refractivity contribution < 1.29 is 46.9 Å². The molecule has 1 fully saturated rings. The van der Waals surface area contributed by atoms with E-state index in [1.54, 1.807) is 38.1 Å². The third-order valence-electron chi connectivity index (χ3n) is 5.44. The minimum Gasteiger partial charge on any atom is -0.475 e. The smallest absolute Gasteiger partial charge is 0.475 e. The van der Waals surface area contributed by atoms with Crippen LogP contribution in [0, 0.1) is 5.92 Å². The zero-order chi connectivity index (χ0) is 27.0. The molecule has 1 aliphatic carbocycles. The Hall–Kier alpha value is -2.86. The summed E-state index contributed by atoms with van der Waals surface area (Å²) in [5.41, 5.74) is 5.07. The molecule has 9 nitrogen and oxygen atoms in total. The number of hydrogen-bond acceptors (Lipinski definition) is 7. The highest BCUT2D eigenvalue weighted by molar-refractivity contribution is 6.31. The van der Waals surface area contributed by atoms with Crippen LogP contribution in [-0.4, -0.2) is 59.9 Å². The molecule has 3 N–H and O–H groups in total. The number of ether oxygens (including phenoxy) is 2. The van der Waals surface area contributed by atoms with Crippen LogP contribution < -0.4 is 5.73 Å². The zero-order valence-electron chi connectivity index (χ0n) is 19.4. The van der Waals surface area contributed by atoms with Crippen LogP contribution in [0.3, 0.4) is 0 Å². The van der Waals surface area contributed by atoms with Gasteiger partial charge in [0.25, 0.3) is 0 Å². The predicted octanol–water partition coefficient (Wildman–Crippen LogP) is 3.86. The number of hydrogen-bond donors (Lipinski definition) is 2. The number of rotatable bonds is 6. The molecular weight excluding hydrogens is 497 g/mol. The van der Waals surface area contributed by atoms with E-state index in [4.69, 9.17) is 36.7 Å². The second-order valence-electron chi connectivity index (χ2n) is 8.09.